The molecule has 1 saturated heterocycles. The average Bonchev–Trinajstić information content (AvgIpc) is 2.25. The van der Waals surface area contributed by atoms with Crippen LogP contribution in [0.1, 0.15) is 31.9 Å². The van der Waals surface area contributed by atoms with Crippen molar-refractivity contribution in [2.24, 2.45) is 5.73 Å². The molecule has 1 atom stereocenters. The predicted octanol–water partition coefficient (Wildman–Crippen LogP) is 2.28. The molecule has 104 valence electrons. The number of benzene rings is 1. The fraction of sp³-hybridized carbons (Fsp3) is 0.533. The number of nitrogens with two attached hydrogens (primary N) is 1. The molecule has 0 aromatic heterocycles. The van der Waals surface area contributed by atoms with Crippen LogP contribution in [0.25, 0.3) is 0 Å². The third kappa shape index (κ3) is 3.07. The highest BCUT2D eigenvalue weighted by molar-refractivity contribution is 6.00. The first kappa shape index (κ1) is 13.9. The zero-order valence-electron chi connectivity index (χ0n) is 12.2. The van der Waals surface area contributed by atoms with Crippen molar-refractivity contribution in [3.63, 3.8) is 0 Å². The number of ether oxygens (including phenoxy) is 1. The van der Waals surface area contributed by atoms with Gasteiger partial charge in [0.2, 0.25) is 0 Å². The maximum Gasteiger partial charge on any atom is 0.124 e. The van der Waals surface area contributed by atoms with Crippen LogP contribution in [0, 0.1) is 12.3 Å². The fourth-order valence-electron chi connectivity index (χ4n) is 2.77. The van der Waals surface area contributed by atoms with Gasteiger partial charge in [-0.2, -0.15) is 0 Å². The van der Waals surface area contributed by atoms with Gasteiger partial charge in [0.1, 0.15) is 5.84 Å². The summed E-state index contributed by atoms with van der Waals surface area (Å²) in [4.78, 5) is 2.28. The molecule has 3 N–H and O–H groups in total. The Bertz CT molecular complexity index is 496. The molecule has 1 heterocycles. The van der Waals surface area contributed by atoms with Gasteiger partial charge in [-0.3, -0.25) is 5.41 Å². The van der Waals surface area contributed by atoms with Crippen LogP contribution in [0.5, 0.6) is 0 Å². The van der Waals surface area contributed by atoms with E-state index in [2.05, 4.69) is 38.7 Å². The number of hydrogen-bond acceptors (Lipinski definition) is 3. The number of amidine groups is 1. The van der Waals surface area contributed by atoms with Gasteiger partial charge < -0.3 is 15.4 Å². The molecule has 1 unspecified atom stereocenters. The van der Waals surface area contributed by atoms with Gasteiger partial charge in [-0.25, -0.2) is 0 Å². The van der Waals surface area contributed by atoms with E-state index in [1.165, 1.54) is 5.56 Å². The summed E-state index contributed by atoms with van der Waals surface area (Å²) in [5, 5.41) is 7.73. The molecule has 1 fully saturated rings. The molecule has 1 aliphatic heterocycles. The number of rotatable bonds is 2. The SMILES string of the molecule is Cc1ccc(C(=N)N)c(N2CC(C)OC(C)(C)C2)c1. The molecule has 0 spiro atoms. The molecule has 0 bridgehead atoms. The van der Waals surface area contributed by atoms with Gasteiger partial charge in [0.25, 0.3) is 0 Å². The fourth-order valence-corrected chi connectivity index (χ4v) is 2.77. The second-order valence-corrected chi connectivity index (χ2v) is 6.00. The third-order valence-electron chi connectivity index (χ3n) is 3.35. The number of anilines is 1. The van der Waals surface area contributed by atoms with Crippen LogP contribution in [0.2, 0.25) is 0 Å². The number of nitrogen functional groups attached to an aromatic ring is 1. The summed E-state index contributed by atoms with van der Waals surface area (Å²) in [6, 6.07) is 6.03. The summed E-state index contributed by atoms with van der Waals surface area (Å²) in [6.45, 7) is 9.96. The Hall–Kier alpha value is -1.55. The zero-order valence-corrected chi connectivity index (χ0v) is 12.2. The molecule has 0 saturated carbocycles. The van der Waals surface area contributed by atoms with E-state index in [-0.39, 0.29) is 17.5 Å². The first-order valence-electron chi connectivity index (χ1n) is 6.66. The molecule has 0 aliphatic carbocycles. The standard InChI is InChI=1S/C15H23N3O/c1-10-5-6-12(14(16)17)13(7-10)18-8-11(2)19-15(3,4)9-18/h5-7,11H,8-9H2,1-4H3,(H3,16,17). The van der Waals surface area contributed by atoms with Crippen molar-refractivity contribution in [2.75, 3.05) is 18.0 Å². The van der Waals surface area contributed by atoms with E-state index in [1.807, 2.05) is 12.1 Å². The maximum absolute atomic E-state index is 7.73. The summed E-state index contributed by atoms with van der Waals surface area (Å²) in [6.07, 6.45) is 0.170. The average molecular weight is 261 g/mol. The Morgan fingerprint density at radius 1 is 1.47 bits per heavy atom. The highest BCUT2D eigenvalue weighted by atomic mass is 16.5. The predicted molar refractivity (Wildman–Crippen MR) is 79.0 cm³/mol. The molecule has 4 nitrogen and oxygen atoms in total. The van der Waals surface area contributed by atoms with Crippen molar-refractivity contribution < 1.29 is 4.74 Å². The van der Waals surface area contributed by atoms with Crippen molar-refractivity contribution in [3.8, 4) is 0 Å². The normalized spacial score (nSPS) is 22.3. The summed E-state index contributed by atoms with van der Waals surface area (Å²) in [7, 11) is 0. The van der Waals surface area contributed by atoms with Crippen LogP contribution in [0.4, 0.5) is 5.69 Å². The Labute approximate surface area is 115 Å². The first-order valence-corrected chi connectivity index (χ1v) is 6.66. The lowest BCUT2D eigenvalue weighted by atomic mass is 10.0. The smallest absolute Gasteiger partial charge is 0.124 e. The molecule has 4 heteroatoms. The third-order valence-corrected chi connectivity index (χ3v) is 3.35. The molecule has 1 aromatic rings. The summed E-state index contributed by atoms with van der Waals surface area (Å²) >= 11 is 0. The van der Waals surface area contributed by atoms with Crippen LogP contribution in [0.15, 0.2) is 18.2 Å². The van der Waals surface area contributed by atoms with E-state index in [1.54, 1.807) is 0 Å². The summed E-state index contributed by atoms with van der Waals surface area (Å²) < 4.78 is 5.93. The van der Waals surface area contributed by atoms with Gasteiger partial charge in [-0.15, -0.1) is 0 Å². The van der Waals surface area contributed by atoms with Crippen LogP contribution in [0.3, 0.4) is 0 Å². The molecule has 19 heavy (non-hydrogen) atoms. The van der Waals surface area contributed by atoms with Gasteiger partial charge in [-0.05, 0) is 45.4 Å². The topological polar surface area (TPSA) is 62.3 Å². The first-order chi connectivity index (χ1) is 8.78. The minimum Gasteiger partial charge on any atom is -0.384 e. The highest BCUT2D eigenvalue weighted by Gasteiger charge is 2.32. The molecule has 1 aromatic carbocycles. The second kappa shape index (κ2) is 4.85. The van der Waals surface area contributed by atoms with E-state index in [0.29, 0.717) is 0 Å². The van der Waals surface area contributed by atoms with E-state index >= 15 is 0 Å². The van der Waals surface area contributed by atoms with E-state index < -0.39 is 0 Å². The van der Waals surface area contributed by atoms with Crippen LogP contribution >= 0.6 is 0 Å². The second-order valence-electron chi connectivity index (χ2n) is 6.00. The van der Waals surface area contributed by atoms with Crippen molar-refractivity contribution >= 4 is 11.5 Å². The van der Waals surface area contributed by atoms with Gasteiger partial charge in [-0.1, -0.05) is 6.07 Å². The Morgan fingerprint density at radius 3 is 2.74 bits per heavy atom. The largest absolute Gasteiger partial charge is 0.384 e. The molecule has 0 amide bonds. The molecule has 0 radical (unpaired) electrons. The molecular weight excluding hydrogens is 238 g/mol. The Balaban J connectivity index is 2.40. The number of nitrogens with one attached hydrogen (secondary N) is 1. The van der Waals surface area contributed by atoms with Crippen LogP contribution in [-0.2, 0) is 4.74 Å². The van der Waals surface area contributed by atoms with Crippen molar-refractivity contribution in [1.82, 2.24) is 0 Å². The zero-order chi connectivity index (χ0) is 14.2. The minimum absolute atomic E-state index is 0.118. The lowest BCUT2D eigenvalue weighted by molar-refractivity contribution is -0.0749. The van der Waals surface area contributed by atoms with Gasteiger partial charge in [0.15, 0.2) is 0 Å². The van der Waals surface area contributed by atoms with Crippen molar-refractivity contribution in [2.45, 2.75) is 39.4 Å². The number of hydrogen-bond donors (Lipinski definition) is 2. The highest BCUT2D eigenvalue weighted by Crippen LogP contribution is 2.29. The van der Waals surface area contributed by atoms with E-state index in [0.717, 1.165) is 24.3 Å². The molecular formula is C15H23N3O. The van der Waals surface area contributed by atoms with Crippen molar-refractivity contribution in [1.29, 1.82) is 5.41 Å². The number of aryl methyl sites for hydroxylation is 1. The lowest BCUT2D eigenvalue weighted by Gasteiger charge is -2.43. The van der Waals surface area contributed by atoms with Crippen LogP contribution < -0.4 is 10.6 Å². The van der Waals surface area contributed by atoms with Crippen LogP contribution in [-0.4, -0.2) is 30.6 Å². The monoisotopic (exact) mass is 261 g/mol. The lowest BCUT2D eigenvalue weighted by Crippen LogP contribution is -2.52. The quantitative estimate of drug-likeness (QED) is 0.634. The van der Waals surface area contributed by atoms with Gasteiger partial charge in [0, 0.05) is 24.3 Å². The van der Waals surface area contributed by atoms with Crippen molar-refractivity contribution in [3.05, 3.63) is 29.3 Å². The van der Waals surface area contributed by atoms with E-state index in [4.69, 9.17) is 15.9 Å². The Kier molecular flexibility index (Phi) is 3.54. The van der Waals surface area contributed by atoms with Gasteiger partial charge in [0.05, 0.1) is 11.7 Å². The Morgan fingerprint density at radius 2 is 2.16 bits per heavy atom. The van der Waals surface area contributed by atoms with Gasteiger partial charge >= 0.3 is 0 Å². The summed E-state index contributed by atoms with van der Waals surface area (Å²) in [5.41, 5.74) is 8.53. The molecule has 1 aliphatic rings. The maximum atomic E-state index is 7.73. The van der Waals surface area contributed by atoms with E-state index in [9.17, 15) is 0 Å². The minimum atomic E-state index is -0.185. The molecule has 2 rings (SSSR count). The summed E-state index contributed by atoms with van der Waals surface area (Å²) in [5.74, 6) is 0.118. The number of nitrogens with zero attached hydrogens (tertiary/aromatic N) is 1. The number of morpholine rings is 1.